The molecule has 132 valence electrons. The van der Waals surface area contributed by atoms with Crippen molar-refractivity contribution in [1.29, 1.82) is 0 Å². The topological polar surface area (TPSA) is 22.1 Å². The first-order valence-electron chi connectivity index (χ1n) is 8.55. The second-order valence-corrected chi connectivity index (χ2v) is 6.24. The molecular formula is C18H28F3NO. The van der Waals surface area contributed by atoms with Crippen molar-refractivity contribution in [3.05, 3.63) is 24.0 Å². The van der Waals surface area contributed by atoms with Crippen molar-refractivity contribution in [2.75, 3.05) is 0 Å². The van der Waals surface area contributed by atoms with Gasteiger partial charge in [0.25, 0.3) is 0 Å². The van der Waals surface area contributed by atoms with Crippen LogP contribution in [0, 0.1) is 0 Å². The van der Waals surface area contributed by atoms with E-state index in [0.717, 1.165) is 49.8 Å². The lowest BCUT2D eigenvalue weighted by atomic mass is 10.0. The van der Waals surface area contributed by atoms with Gasteiger partial charge in [-0.05, 0) is 39.2 Å². The third-order valence-electron chi connectivity index (χ3n) is 3.63. The molecule has 5 heteroatoms. The fourth-order valence-electron chi connectivity index (χ4n) is 2.50. The van der Waals surface area contributed by atoms with E-state index < -0.39 is 12.6 Å². The lowest BCUT2D eigenvalue weighted by Gasteiger charge is -2.13. The van der Waals surface area contributed by atoms with Crippen LogP contribution in [0.2, 0.25) is 0 Å². The number of ether oxygens (including phenoxy) is 1. The molecule has 0 aliphatic carbocycles. The number of rotatable bonds is 11. The van der Waals surface area contributed by atoms with E-state index in [1.54, 1.807) is 6.20 Å². The van der Waals surface area contributed by atoms with E-state index >= 15 is 0 Å². The van der Waals surface area contributed by atoms with E-state index in [4.69, 9.17) is 4.74 Å². The van der Waals surface area contributed by atoms with Gasteiger partial charge in [0.05, 0.1) is 6.10 Å². The Hall–Kier alpha value is -1.26. The highest BCUT2D eigenvalue weighted by molar-refractivity contribution is 5.30. The largest absolute Gasteiger partial charge is 0.491 e. The SMILES string of the molecule is CC(C)Oc1ccncc1CCCCCCCCCC(F)(F)F. The van der Waals surface area contributed by atoms with Gasteiger partial charge < -0.3 is 4.74 Å². The summed E-state index contributed by atoms with van der Waals surface area (Å²) in [6.07, 6.45) is 6.10. The molecule has 0 amide bonds. The highest BCUT2D eigenvalue weighted by Crippen LogP contribution is 2.23. The third-order valence-corrected chi connectivity index (χ3v) is 3.63. The molecule has 0 spiro atoms. The molecule has 1 aromatic rings. The molecule has 1 rings (SSSR count). The number of aryl methyl sites for hydroxylation is 1. The highest BCUT2D eigenvalue weighted by Gasteiger charge is 2.25. The summed E-state index contributed by atoms with van der Waals surface area (Å²) >= 11 is 0. The molecule has 0 aliphatic rings. The van der Waals surface area contributed by atoms with Crippen molar-refractivity contribution in [2.45, 2.75) is 83.9 Å². The van der Waals surface area contributed by atoms with E-state index in [1.807, 2.05) is 26.1 Å². The summed E-state index contributed by atoms with van der Waals surface area (Å²) in [5.74, 6) is 0.905. The molecule has 0 aliphatic heterocycles. The average Bonchev–Trinajstić information content (AvgIpc) is 2.45. The Balaban J connectivity index is 2.09. The third kappa shape index (κ3) is 10.2. The predicted molar refractivity (Wildman–Crippen MR) is 86.7 cm³/mol. The van der Waals surface area contributed by atoms with Crippen LogP contribution in [0.15, 0.2) is 18.5 Å². The molecule has 0 N–H and O–H groups in total. The second kappa shape index (κ2) is 10.5. The summed E-state index contributed by atoms with van der Waals surface area (Å²) in [4.78, 5) is 4.15. The number of nitrogens with zero attached hydrogens (tertiary/aromatic N) is 1. The van der Waals surface area contributed by atoms with E-state index in [-0.39, 0.29) is 12.5 Å². The molecular weight excluding hydrogens is 303 g/mol. The van der Waals surface area contributed by atoms with Crippen molar-refractivity contribution in [3.8, 4) is 5.75 Å². The average molecular weight is 331 g/mol. The van der Waals surface area contributed by atoms with Gasteiger partial charge in [0.15, 0.2) is 0 Å². The van der Waals surface area contributed by atoms with Crippen LogP contribution >= 0.6 is 0 Å². The Morgan fingerprint density at radius 3 is 2.22 bits per heavy atom. The summed E-state index contributed by atoms with van der Waals surface area (Å²) in [5.41, 5.74) is 1.13. The fourth-order valence-corrected chi connectivity index (χ4v) is 2.50. The van der Waals surface area contributed by atoms with Crippen LogP contribution in [0.5, 0.6) is 5.75 Å². The molecule has 0 saturated heterocycles. The fraction of sp³-hybridized carbons (Fsp3) is 0.722. The quantitative estimate of drug-likeness (QED) is 0.457. The number of hydrogen-bond acceptors (Lipinski definition) is 2. The Bertz CT molecular complexity index is 433. The van der Waals surface area contributed by atoms with Crippen LogP contribution in [0.25, 0.3) is 0 Å². The van der Waals surface area contributed by atoms with E-state index in [0.29, 0.717) is 6.42 Å². The molecule has 2 nitrogen and oxygen atoms in total. The maximum Gasteiger partial charge on any atom is 0.389 e. The maximum atomic E-state index is 12.0. The summed E-state index contributed by atoms with van der Waals surface area (Å²) in [6, 6.07) is 1.90. The normalized spacial score (nSPS) is 11.9. The van der Waals surface area contributed by atoms with E-state index in [1.165, 1.54) is 0 Å². The lowest BCUT2D eigenvalue weighted by molar-refractivity contribution is -0.135. The molecule has 0 unspecified atom stereocenters. The van der Waals surface area contributed by atoms with Gasteiger partial charge in [-0.2, -0.15) is 13.2 Å². The van der Waals surface area contributed by atoms with Gasteiger partial charge in [-0.3, -0.25) is 4.98 Å². The Labute approximate surface area is 137 Å². The molecule has 0 atom stereocenters. The molecule has 0 fully saturated rings. The summed E-state index contributed by atoms with van der Waals surface area (Å²) < 4.78 is 41.7. The maximum absolute atomic E-state index is 12.0. The van der Waals surface area contributed by atoms with Crippen LogP contribution in [-0.4, -0.2) is 17.3 Å². The summed E-state index contributed by atoms with van der Waals surface area (Å²) in [6.45, 7) is 4.01. The van der Waals surface area contributed by atoms with E-state index in [9.17, 15) is 13.2 Å². The van der Waals surface area contributed by atoms with Gasteiger partial charge in [-0.1, -0.05) is 32.1 Å². The molecule has 1 aromatic heterocycles. The van der Waals surface area contributed by atoms with E-state index in [2.05, 4.69) is 4.98 Å². The van der Waals surface area contributed by atoms with Crippen LogP contribution < -0.4 is 4.74 Å². The second-order valence-electron chi connectivity index (χ2n) is 6.24. The molecule has 23 heavy (non-hydrogen) atoms. The van der Waals surface area contributed by atoms with Crippen LogP contribution in [0.4, 0.5) is 13.2 Å². The standard InChI is InChI=1S/C18H28F3NO/c1-15(2)23-17-11-13-22-14-16(17)10-8-6-4-3-5-7-9-12-18(19,20)21/h11,13-15H,3-10,12H2,1-2H3. The first-order valence-corrected chi connectivity index (χ1v) is 8.55. The zero-order valence-corrected chi connectivity index (χ0v) is 14.2. The first kappa shape index (κ1) is 19.8. The number of alkyl halides is 3. The predicted octanol–water partition coefficient (Wildman–Crippen LogP) is 6.09. The molecule has 0 bridgehead atoms. The Kier molecular flexibility index (Phi) is 9.03. The van der Waals surface area contributed by atoms with Crippen molar-refractivity contribution < 1.29 is 17.9 Å². The lowest BCUT2D eigenvalue weighted by Crippen LogP contribution is -2.07. The summed E-state index contributed by atoms with van der Waals surface area (Å²) in [5, 5.41) is 0. The van der Waals surface area contributed by atoms with Crippen molar-refractivity contribution in [1.82, 2.24) is 4.98 Å². The molecule has 1 heterocycles. The highest BCUT2D eigenvalue weighted by atomic mass is 19.4. The van der Waals surface area contributed by atoms with Gasteiger partial charge in [0, 0.05) is 24.4 Å². The van der Waals surface area contributed by atoms with Gasteiger partial charge >= 0.3 is 6.18 Å². The number of unbranched alkanes of at least 4 members (excludes halogenated alkanes) is 6. The van der Waals surface area contributed by atoms with Crippen molar-refractivity contribution in [3.63, 3.8) is 0 Å². The van der Waals surface area contributed by atoms with Gasteiger partial charge in [-0.15, -0.1) is 0 Å². The van der Waals surface area contributed by atoms with Crippen LogP contribution in [0.3, 0.4) is 0 Å². The minimum Gasteiger partial charge on any atom is -0.491 e. The number of hydrogen-bond donors (Lipinski definition) is 0. The van der Waals surface area contributed by atoms with Crippen molar-refractivity contribution in [2.24, 2.45) is 0 Å². The van der Waals surface area contributed by atoms with Gasteiger partial charge in [0.1, 0.15) is 5.75 Å². The molecule has 0 saturated carbocycles. The first-order chi connectivity index (χ1) is 10.9. The number of pyridine rings is 1. The zero-order chi connectivity index (χ0) is 17.1. The monoisotopic (exact) mass is 331 g/mol. The van der Waals surface area contributed by atoms with Crippen LogP contribution in [-0.2, 0) is 6.42 Å². The van der Waals surface area contributed by atoms with Gasteiger partial charge in [0.2, 0.25) is 0 Å². The Morgan fingerprint density at radius 2 is 1.61 bits per heavy atom. The van der Waals surface area contributed by atoms with Crippen molar-refractivity contribution >= 4 is 0 Å². The summed E-state index contributed by atoms with van der Waals surface area (Å²) in [7, 11) is 0. The number of halogens is 3. The minimum absolute atomic E-state index is 0.146. The molecule has 0 radical (unpaired) electrons. The zero-order valence-electron chi connectivity index (χ0n) is 14.2. The Morgan fingerprint density at radius 1 is 1.00 bits per heavy atom. The molecule has 0 aromatic carbocycles. The van der Waals surface area contributed by atoms with Crippen LogP contribution in [0.1, 0.15) is 70.8 Å². The smallest absolute Gasteiger partial charge is 0.389 e. The number of aromatic nitrogens is 1. The van der Waals surface area contributed by atoms with Gasteiger partial charge in [-0.25, -0.2) is 0 Å². The minimum atomic E-state index is -4.00.